The molecule has 0 amide bonds. The van der Waals surface area contributed by atoms with Crippen molar-refractivity contribution in [2.45, 2.75) is 26.3 Å². The van der Waals surface area contributed by atoms with E-state index < -0.39 is 0 Å². The third-order valence-corrected chi connectivity index (χ3v) is 4.21. The van der Waals surface area contributed by atoms with Crippen LogP contribution in [0.15, 0.2) is 6.20 Å². The zero-order valence-electron chi connectivity index (χ0n) is 9.65. The van der Waals surface area contributed by atoms with Gasteiger partial charge in [0.2, 0.25) is 0 Å². The minimum absolute atomic E-state index is 0.128. The van der Waals surface area contributed by atoms with Crippen molar-refractivity contribution in [1.82, 2.24) is 9.88 Å². The third kappa shape index (κ3) is 2.72. The average Bonchev–Trinajstić information content (AvgIpc) is 2.68. The average molecular weight is 241 g/mol. The van der Waals surface area contributed by atoms with Crippen molar-refractivity contribution in [3.8, 4) is 0 Å². The first-order valence-electron chi connectivity index (χ1n) is 5.65. The molecule has 0 saturated carbocycles. The number of nitrogens with two attached hydrogens (primary N) is 1. The lowest BCUT2D eigenvalue weighted by molar-refractivity contribution is 0.0561. The van der Waals surface area contributed by atoms with Crippen molar-refractivity contribution in [2.75, 3.05) is 25.4 Å². The Hall–Kier alpha value is -0.650. The third-order valence-electron chi connectivity index (χ3n) is 3.40. The van der Waals surface area contributed by atoms with Crippen molar-refractivity contribution in [1.29, 1.82) is 0 Å². The Balaban J connectivity index is 1.86. The summed E-state index contributed by atoms with van der Waals surface area (Å²) in [5.41, 5.74) is 5.73. The SMILES string of the molecule is CC1(CO)CCN(Cc2cnc(N)s2)CC1. The topological polar surface area (TPSA) is 62.4 Å². The largest absolute Gasteiger partial charge is 0.396 e. The van der Waals surface area contributed by atoms with Gasteiger partial charge in [-0.05, 0) is 31.3 Å². The summed E-state index contributed by atoms with van der Waals surface area (Å²) in [6, 6.07) is 0. The van der Waals surface area contributed by atoms with Gasteiger partial charge < -0.3 is 10.8 Å². The monoisotopic (exact) mass is 241 g/mol. The van der Waals surface area contributed by atoms with Gasteiger partial charge in [0.05, 0.1) is 0 Å². The maximum atomic E-state index is 9.29. The Morgan fingerprint density at radius 2 is 2.25 bits per heavy atom. The fraction of sp³-hybridized carbons (Fsp3) is 0.727. The number of nitrogen functional groups attached to an aromatic ring is 1. The van der Waals surface area contributed by atoms with Crippen molar-refractivity contribution in [3.63, 3.8) is 0 Å². The Kier molecular flexibility index (Phi) is 3.47. The molecule has 1 fully saturated rings. The Morgan fingerprint density at radius 3 is 2.75 bits per heavy atom. The van der Waals surface area contributed by atoms with Gasteiger partial charge in [0, 0.05) is 24.2 Å². The number of nitrogens with zero attached hydrogens (tertiary/aromatic N) is 2. The number of hydrogen-bond donors (Lipinski definition) is 2. The van der Waals surface area contributed by atoms with Crippen molar-refractivity contribution >= 4 is 16.5 Å². The zero-order chi connectivity index (χ0) is 11.6. The quantitative estimate of drug-likeness (QED) is 0.838. The van der Waals surface area contributed by atoms with Crippen molar-refractivity contribution < 1.29 is 5.11 Å². The van der Waals surface area contributed by atoms with Gasteiger partial charge in [-0.25, -0.2) is 4.98 Å². The molecule has 0 atom stereocenters. The van der Waals surface area contributed by atoms with Crippen LogP contribution in [-0.2, 0) is 6.54 Å². The molecule has 0 bridgehead atoms. The number of likely N-dealkylation sites (tertiary alicyclic amines) is 1. The van der Waals surface area contributed by atoms with Gasteiger partial charge in [0.1, 0.15) is 0 Å². The summed E-state index contributed by atoms with van der Waals surface area (Å²) < 4.78 is 0. The molecule has 1 aromatic heterocycles. The van der Waals surface area contributed by atoms with Crippen LogP contribution in [0.1, 0.15) is 24.6 Å². The molecular weight excluding hydrogens is 222 g/mol. The first-order valence-corrected chi connectivity index (χ1v) is 6.46. The standard InChI is InChI=1S/C11H19N3OS/c1-11(8-15)2-4-14(5-3-11)7-9-6-13-10(12)16-9/h6,15H,2-5,7-8H2,1H3,(H2,12,13). The molecule has 3 N–H and O–H groups in total. The Labute approximate surface area is 100 Å². The highest BCUT2D eigenvalue weighted by Crippen LogP contribution is 2.31. The second-order valence-corrected chi connectivity index (χ2v) is 6.06. The molecule has 1 aliphatic rings. The van der Waals surface area contributed by atoms with E-state index in [1.165, 1.54) is 4.88 Å². The predicted octanol–water partition coefficient (Wildman–Crippen LogP) is 1.32. The van der Waals surface area contributed by atoms with Crippen LogP contribution in [0.5, 0.6) is 0 Å². The maximum Gasteiger partial charge on any atom is 0.180 e. The fourth-order valence-electron chi connectivity index (χ4n) is 2.03. The predicted molar refractivity (Wildman–Crippen MR) is 66.2 cm³/mol. The smallest absolute Gasteiger partial charge is 0.180 e. The van der Waals surface area contributed by atoms with Crippen molar-refractivity contribution in [2.24, 2.45) is 5.41 Å². The van der Waals surface area contributed by atoms with E-state index in [0.29, 0.717) is 11.7 Å². The molecule has 5 heteroatoms. The number of aromatic nitrogens is 1. The van der Waals surface area contributed by atoms with E-state index in [2.05, 4.69) is 16.8 Å². The molecule has 1 saturated heterocycles. The van der Waals surface area contributed by atoms with E-state index in [0.717, 1.165) is 32.5 Å². The maximum absolute atomic E-state index is 9.29. The molecule has 0 aromatic carbocycles. The van der Waals surface area contributed by atoms with Gasteiger partial charge in [-0.2, -0.15) is 0 Å². The summed E-state index contributed by atoms with van der Waals surface area (Å²) in [5.74, 6) is 0. The van der Waals surface area contributed by atoms with E-state index >= 15 is 0 Å². The zero-order valence-corrected chi connectivity index (χ0v) is 10.5. The molecule has 0 unspecified atom stereocenters. The highest BCUT2D eigenvalue weighted by atomic mass is 32.1. The van der Waals surface area contributed by atoms with Crippen LogP contribution >= 0.6 is 11.3 Å². The van der Waals surface area contributed by atoms with E-state index in [4.69, 9.17) is 5.73 Å². The first-order chi connectivity index (χ1) is 7.61. The number of anilines is 1. The van der Waals surface area contributed by atoms with E-state index in [1.54, 1.807) is 11.3 Å². The van der Waals surface area contributed by atoms with Crippen molar-refractivity contribution in [3.05, 3.63) is 11.1 Å². The lowest BCUT2D eigenvalue weighted by atomic mass is 9.81. The van der Waals surface area contributed by atoms with Crippen LogP contribution in [0.2, 0.25) is 0 Å². The fourth-order valence-corrected chi connectivity index (χ4v) is 2.75. The van der Waals surface area contributed by atoms with Crippen LogP contribution in [0.4, 0.5) is 5.13 Å². The lowest BCUT2D eigenvalue weighted by Gasteiger charge is -2.37. The minimum Gasteiger partial charge on any atom is -0.396 e. The Bertz CT molecular complexity index is 345. The summed E-state index contributed by atoms with van der Waals surface area (Å²) in [6.07, 6.45) is 4.00. The van der Waals surface area contributed by atoms with Gasteiger partial charge >= 0.3 is 0 Å². The van der Waals surface area contributed by atoms with E-state index in [9.17, 15) is 5.11 Å². The molecule has 1 aliphatic heterocycles. The number of aliphatic hydroxyl groups excluding tert-OH is 1. The first kappa shape index (κ1) is 11.8. The molecule has 1 aromatic rings. The van der Waals surface area contributed by atoms with Gasteiger partial charge in [0.15, 0.2) is 5.13 Å². The number of aliphatic hydroxyl groups is 1. The molecule has 4 nitrogen and oxygen atoms in total. The molecular formula is C11H19N3OS. The van der Waals surface area contributed by atoms with E-state index in [1.807, 2.05) is 6.20 Å². The van der Waals surface area contributed by atoms with Crippen LogP contribution in [0.25, 0.3) is 0 Å². The minimum atomic E-state index is 0.128. The van der Waals surface area contributed by atoms with E-state index in [-0.39, 0.29) is 5.41 Å². The summed E-state index contributed by atoms with van der Waals surface area (Å²) in [6.45, 7) is 5.50. The number of hydrogen-bond acceptors (Lipinski definition) is 5. The summed E-state index contributed by atoms with van der Waals surface area (Å²) in [4.78, 5) is 7.69. The molecule has 90 valence electrons. The summed E-state index contributed by atoms with van der Waals surface area (Å²) in [5, 5.41) is 9.93. The molecule has 16 heavy (non-hydrogen) atoms. The number of rotatable bonds is 3. The molecule has 0 spiro atoms. The Morgan fingerprint density at radius 1 is 1.56 bits per heavy atom. The molecule has 0 aliphatic carbocycles. The number of piperidine rings is 1. The van der Waals surface area contributed by atoms with Crippen LogP contribution in [-0.4, -0.2) is 34.7 Å². The highest BCUT2D eigenvalue weighted by Gasteiger charge is 2.29. The second kappa shape index (κ2) is 4.69. The van der Waals surface area contributed by atoms with Crippen LogP contribution in [0, 0.1) is 5.41 Å². The second-order valence-electron chi connectivity index (χ2n) is 4.91. The van der Waals surface area contributed by atoms with Gasteiger partial charge in [-0.15, -0.1) is 11.3 Å². The normalized spacial score (nSPS) is 21.1. The van der Waals surface area contributed by atoms with Gasteiger partial charge in [-0.1, -0.05) is 6.92 Å². The lowest BCUT2D eigenvalue weighted by Crippen LogP contribution is -2.39. The molecule has 0 radical (unpaired) electrons. The molecule has 2 rings (SSSR count). The van der Waals surface area contributed by atoms with Gasteiger partial charge in [-0.3, -0.25) is 4.90 Å². The molecule has 2 heterocycles. The summed E-state index contributed by atoms with van der Waals surface area (Å²) >= 11 is 1.56. The highest BCUT2D eigenvalue weighted by molar-refractivity contribution is 7.15. The van der Waals surface area contributed by atoms with Gasteiger partial charge in [0.25, 0.3) is 0 Å². The van der Waals surface area contributed by atoms with Crippen LogP contribution in [0.3, 0.4) is 0 Å². The van der Waals surface area contributed by atoms with Crippen LogP contribution < -0.4 is 5.73 Å². The summed E-state index contributed by atoms with van der Waals surface area (Å²) in [7, 11) is 0. The number of thiazole rings is 1.